The molecule has 0 aliphatic heterocycles. The molecule has 0 fully saturated rings. The van der Waals surface area contributed by atoms with Gasteiger partial charge in [0.25, 0.3) is 5.91 Å². The van der Waals surface area contributed by atoms with Gasteiger partial charge in [-0.2, -0.15) is 0 Å². The van der Waals surface area contributed by atoms with Crippen molar-refractivity contribution in [3.05, 3.63) is 65.7 Å². The van der Waals surface area contributed by atoms with Crippen molar-refractivity contribution in [2.45, 2.75) is 13.0 Å². The van der Waals surface area contributed by atoms with Gasteiger partial charge in [0, 0.05) is 7.05 Å². The predicted octanol–water partition coefficient (Wildman–Crippen LogP) is 3.56. The number of rotatable bonds is 5. The molecule has 5 heteroatoms. The van der Waals surface area contributed by atoms with Gasteiger partial charge in [0.2, 0.25) is 0 Å². The van der Waals surface area contributed by atoms with Crippen LogP contribution >= 0.6 is 0 Å². The minimum atomic E-state index is -0.925. The molecule has 0 heterocycles. The minimum Gasteiger partial charge on any atom is -0.484 e. The first-order valence-corrected chi connectivity index (χ1v) is 6.87. The van der Waals surface area contributed by atoms with E-state index in [9.17, 15) is 13.6 Å². The highest BCUT2D eigenvalue weighted by molar-refractivity contribution is 5.78. The average molecular weight is 305 g/mol. The summed E-state index contributed by atoms with van der Waals surface area (Å²) in [6.45, 7) is 1.63. The summed E-state index contributed by atoms with van der Waals surface area (Å²) in [4.78, 5) is 13.6. The molecule has 2 rings (SSSR count). The molecule has 2 aromatic rings. The molecule has 3 nitrogen and oxygen atoms in total. The maximum atomic E-state index is 13.3. The molecule has 22 heavy (non-hydrogen) atoms. The fourth-order valence-corrected chi connectivity index (χ4v) is 1.98. The highest BCUT2D eigenvalue weighted by atomic mass is 19.2. The van der Waals surface area contributed by atoms with Gasteiger partial charge in [-0.25, -0.2) is 8.78 Å². The third kappa shape index (κ3) is 3.81. The highest BCUT2D eigenvalue weighted by Gasteiger charge is 2.19. The van der Waals surface area contributed by atoms with Crippen molar-refractivity contribution in [3.63, 3.8) is 0 Å². The zero-order chi connectivity index (χ0) is 16.1. The van der Waals surface area contributed by atoms with Crippen molar-refractivity contribution in [3.8, 4) is 5.75 Å². The van der Waals surface area contributed by atoms with Gasteiger partial charge in [-0.15, -0.1) is 0 Å². The fraction of sp³-hybridized carbons (Fsp3) is 0.235. The Morgan fingerprint density at radius 2 is 1.82 bits per heavy atom. The number of ether oxygens (including phenoxy) is 1. The van der Waals surface area contributed by atoms with Crippen LogP contribution in [0.5, 0.6) is 5.75 Å². The first-order chi connectivity index (χ1) is 10.5. The number of likely N-dealkylation sites (N-methyl/N-ethyl adjacent to an activating group) is 1. The van der Waals surface area contributed by atoms with Crippen molar-refractivity contribution in [1.82, 2.24) is 4.90 Å². The van der Waals surface area contributed by atoms with Crippen molar-refractivity contribution in [2.75, 3.05) is 13.7 Å². The molecule has 1 unspecified atom stereocenters. The van der Waals surface area contributed by atoms with Crippen LogP contribution in [0.2, 0.25) is 0 Å². The number of hydrogen-bond donors (Lipinski definition) is 0. The molecule has 1 atom stereocenters. The minimum absolute atomic E-state index is 0.117. The van der Waals surface area contributed by atoms with Crippen LogP contribution in [0.3, 0.4) is 0 Å². The van der Waals surface area contributed by atoms with Crippen LogP contribution < -0.4 is 4.74 Å². The van der Waals surface area contributed by atoms with Crippen LogP contribution in [0.15, 0.2) is 48.5 Å². The van der Waals surface area contributed by atoms with E-state index in [1.807, 2.05) is 18.2 Å². The van der Waals surface area contributed by atoms with Crippen molar-refractivity contribution in [2.24, 2.45) is 0 Å². The van der Waals surface area contributed by atoms with Crippen LogP contribution in [0.4, 0.5) is 8.78 Å². The van der Waals surface area contributed by atoms with E-state index in [4.69, 9.17) is 4.74 Å². The predicted molar refractivity (Wildman–Crippen MR) is 79.5 cm³/mol. The molecular formula is C17H17F2NO2. The SMILES string of the molecule is CC(c1ccc(F)c(F)c1)N(C)C(=O)COc1ccccc1. The Balaban J connectivity index is 1.98. The number of carbonyl (C=O) groups is 1. The second-order valence-electron chi connectivity index (χ2n) is 4.96. The molecule has 0 bridgehead atoms. The van der Waals surface area contributed by atoms with Gasteiger partial charge < -0.3 is 9.64 Å². The molecule has 0 aliphatic rings. The molecule has 0 saturated heterocycles. The Kier molecular flexibility index (Phi) is 5.09. The zero-order valence-electron chi connectivity index (χ0n) is 12.4. The average Bonchev–Trinajstić information content (AvgIpc) is 2.54. The second-order valence-corrected chi connectivity index (χ2v) is 4.96. The summed E-state index contributed by atoms with van der Waals surface area (Å²) in [6, 6.07) is 12.2. The number of para-hydroxylation sites is 1. The molecule has 116 valence electrons. The van der Waals surface area contributed by atoms with E-state index >= 15 is 0 Å². The van der Waals surface area contributed by atoms with E-state index in [2.05, 4.69) is 0 Å². The van der Waals surface area contributed by atoms with Crippen LogP contribution in [-0.4, -0.2) is 24.5 Å². The lowest BCUT2D eigenvalue weighted by Gasteiger charge is -2.25. The second kappa shape index (κ2) is 7.02. The quantitative estimate of drug-likeness (QED) is 0.845. The van der Waals surface area contributed by atoms with E-state index in [0.29, 0.717) is 11.3 Å². The van der Waals surface area contributed by atoms with E-state index in [1.54, 1.807) is 26.1 Å². The van der Waals surface area contributed by atoms with Crippen LogP contribution in [0.25, 0.3) is 0 Å². The van der Waals surface area contributed by atoms with Gasteiger partial charge in [0.15, 0.2) is 18.2 Å². The summed E-state index contributed by atoms with van der Waals surface area (Å²) < 4.78 is 31.6. The number of benzene rings is 2. The number of carbonyl (C=O) groups excluding carboxylic acids is 1. The van der Waals surface area contributed by atoms with Gasteiger partial charge in [-0.1, -0.05) is 24.3 Å². The van der Waals surface area contributed by atoms with Gasteiger partial charge in [0.05, 0.1) is 6.04 Å². The summed E-state index contributed by atoms with van der Waals surface area (Å²) in [5.74, 6) is -1.48. The molecule has 0 N–H and O–H groups in total. The molecule has 0 aromatic heterocycles. The molecule has 1 amide bonds. The monoisotopic (exact) mass is 305 g/mol. The van der Waals surface area contributed by atoms with Gasteiger partial charge in [-0.3, -0.25) is 4.79 Å². The van der Waals surface area contributed by atoms with E-state index in [-0.39, 0.29) is 18.6 Å². The third-order valence-corrected chi connectivity index (χ3v) is 3.51. The summed E-state index contributed by atoms with van der Waals surface area (Å²) in [6.07, 6.45) is 0. The lowest BCUT2D eigenvalue weighted by molar-refractivity contribution is -0.134. The third-order valence-electron chi connectivity index (χ3n) is 3.51. The molecular weight excluding hydrogens is 288 g/mol. The van der Waals surface area contributed by atoms with Gasteiger partial charge >= 0.3 is 0 Å². The lowest BCUT2D eigenvalue weighted by Crippen LogP contribution is -2.33. The maximum Gasteiger partial charge on any atom is 0.260 e. The summed E-state index contributed by atoms with van der Waals surface area (Å²) in [5.41, 5.74) is 0.523. The molecule has 0 saturated carbocycles. The number of hydrogen-bond acceptors (Lipinski definition) is 2. The van der Waals surface area contributed by atoms with Gasteiger partial charge in [-0.05, 0) is 36.8 Å². The van der Waals surface area contributed by atoms with E-state index in [0.717, 1.165) is 12.1 Å². The lowest BCUT2D eigenvalue weighted by atomic mass is 10.1. The van der Waals surface area contributed by atoms with Crippen LogP contribution in [0, 0.1) is 11.6 Å². The normalized spacial score (nSPS) is 11.8. The largest absolute Gasteiger partial charge is 0.484 e. The van der Waals surface area contributed by atoms with Gasteiger partial charge in [0.1, 0.15) is 5.75 Å². The number of amides is 1. The first kappa shape index (κ1) is 15.9. The molecule has 0 spiro atoms. The Hall–Kier alpha value is -2.43. The summed E-state index contributed by atoms with van der Waals surface area (Å²) >= 11 is 0. The van der Waals surface area contributed by atoms with Crippen LogP contribution in [-0.2, 0) is 4.79 Å². The summed E-state index contributed by atoms with van der Waals surface area (Å²) in [7, 11) is 1.60. The van der Waals surface area contributed by atoms with Crippen molar-refractivity contribution in [1.29, 1.82) is 0 Å². The summed E-state index contributed by atoms with van der Waals surface area (Å²) in [5, 5.41) is 0. The Morgan fingerprint density at radius 3 is 2.45 bits per heavy atom. The fourth-order valence-electron chi connectivity index (χ4n) is 1.98. The number of halogens is 2. The van der Waals surface area contributed by atoms with Crippen molar-refractivity contribution < 1.29 is 18.3 Å². The topological polar surface area (TPSA) is 29.5 Å². The number of nitrogens with zero attached hydrogens (tertiary/aromatic N) is 1. The van der Waals surface area contributed by atoms with Crippen LogP contribution in [0.1, 0.15) is 18.5 Å². The highest BCUT2D eigenvalue weighted by Crippen LogP contribution is 2.21. The standard InChI is InChI=1S/C17H17F2NO2/c1-12(13-8-9-15(18)16(19)10-13)20(2)17(21)11-22-14-6-4-3-5-7-14/h3-10,12H,11H2,1-2H3. The smallest absolute Gasteiger partial charge is 0.260 e. The Morgan fingerprint density at radius 1 is 1.14 bits per heavy atom. The molecule has 0 radical (unpaired) electrons. The maximum absolute atomic E-state index is 13.3. The van der Waals surface area contributed by atoms with Crippen molar-refractivity contribution >= 4 is 5.91 Å². The van der Waals surface area contributed by atoms with E-state index < -0.39 is 11.6 Å². The first-order valence-electron chi connectivity index (χ1n) is 6.87. The van der Waals surface area contributed by atoms with E-state index in [1.165, 1.54) is 11.0 Å². The molecule has 0 aliphatic carbocycles. The molecule has 2 aromatic carbocycles. The Bertz CT molecular complexity index is 646. The Labute approximate surface area is 128 Å². The zero-order valence-corrected chi connectivity index (χ0v) is 12.4.